The summed E-state index contributed by atoms with van der Waals surface area (Å²) in [6.45, 7) is 3.88. The van der Waals surface area contributed by atoms with E-state index in [0.29, 0.717) is 6.54 Å². The molecule has 0 amide bonds. The summed E-state index contributed by atoms with van der Waals surface area (Å²) < 4.78 is 0. The van der Waals surface area contributed by atoms with Gasteiger partial charge in [0.05, 0.1) is 0 Å². The molecule has 0 heterocycles. The van der Waals surface area contributed by atoms with Gasteiger partial charge in [-0.25, -0.2) is 6.42 Å². The van der Waals surface area contributed by atoms with Crippen molar-refractivity contribution in [1.82, 2.24) is 0 Å². The van der Waals surface area contributed by atoms with Gasteiger partial charge >= 0.3 is 28.2 Å². The first-order chi connectivity index (χ1) is 7.16. The maximum absolute atomic E-state index is 8.11. The molecule has 0 fully saturated rings. The van der Waals surface area contributed by atoms with Crippen LogP contribution in [-0.2, 0) is 18.8 Å². The summed E-state index contributed by atoms with van der Waals surface area (Å²) in [6.07, 6.45) is 0.736. The van der Waals surface area contributed by atoms with Crippen LogP contribution in [0.4, 0.5) is 0 Å². The Bertz CT molecular complexity index is 84.2. The normalized spacial score (nSPS) is 4.87. The van der Waals surface area contributed by atoms with Crippen LogP contribution < -0.4 is 0 Å². The third kappa shape index (κ3) is 85200. The van der Waals surface area contributed by atoms with Gasteiger partial charge in [-0.15, -0.1) is 14.7 Å². The Kier molecular flexibility index (Phi) is 220. The van der Waals surface area contributed by atoms with Crippen molar-refractivity contribution in [3.05, 3.63) is 27.4 Å². The van der Waals surface area contributed by atoms with Gasteiger partial charge in [0.1, 0.15) is 0 Å². The van der Waals surface area contributed by atoms with Gasteiger partial charge in [-0.1, -0.05) is 0 Å². The minimum atomic E-state index is 0.458. The number of nitrogens with zero attached hydrogens (tertiary/aromatic N) is 3. The molecular weight excluding hydrogens is 419 g/mol. The molecule has 4 N–H and O–H groups in total. The van der Waals surface area contributed by atoms with Gasteiger partial charge in [0.25, 0.3) is 0 Å². The molecule has 0 saturated carbocycles. The van der Waals surface area contributed by atoms with Crippen LogP contribution in [0.15, 0.2) is 16.0 Å². The zero-order valence-electron chi connectivity index (χ0n) is 7.22. The summed E-state index contributed by atoms with van der Waals surface area (Å²) >= 11 is 1.61. The van der Waals surface area contributed by atoms with Crippen molar-refractivity contribution in [3.63, 3.8) is 0 Å². The summed E-state index contributed by atoms with van der Waals surface area (Å²) in [5.74, 6) is 0. The van der Waals surface area contributed by atoms with Gasteiger partial charge in [0, 0.05) is 0 Å². The van der Waals surface area contributed by atoms with Gasteiger partial charge < -0.3 is 28.3 Å². The monoisotopic (exact) mass is 428 g/mol. The predicted octanol–water partition coefficient (Wildman–Crippen LogP) is 2.38. The Labute approximate surface area is 100 Å². The van der Waals surface area contributed by atoms with E-state index in [2.05, 4.69) is 16.3 Å². The van der Waals surface area contributed by atoms with Crippen molar-refractivity contribution in [2.75, 3.05) is 6.54 Å². The Morgan fingerprint density at radius 2 is 1.13 bits per heavy atom. The molecule has 0 aromatic rings. The van der Waals surface area contributed by atoms with Gasteiger partial charge in [0.2, 0.25) is 0 Å². The topological polar surface area (TPSA) is 173 Å². The molecule has 97 valence electrons. The molecule has 0 bridgehead atoms. The SMILES string of the molecule is O=NO.O=NO.O=NO.[CH2-]CC[NH-].[Cl][Pt]. The molecular formula is C3H10ClN4O6Pt-2. The Hall–Kier alpha value is -0.862. The quantitative estimate of drug-likeness (QED) is 0.328. The van der Waals surface area contributed by atoms with E-state index >= 15 is 0 Å². The van der Waals surface area contributed by atoms with Crippen molar-refractivity contribution >= 4 is 9.42 Å². The van der Waals surface area contributed by atoms with Crippen LogP contribution in [0.1, 0.15) is 6.42 Å². The van der Waals surface area contributed by atoms with Crippen LogP contribution in [0.5, 0.6) is 0 Å². The van der Waals surface area contributed by atoms with Gasteiger partial charge in [0.15, 0.2) is 16.0 Å². The first-order valence-corrected chi connectivity index (χ1v) is 5.44. The molecule has 0 aliphatic rings. The van der Waals surface area contributed by atoms with E-state index in [-0.39, 0.29) is 0 Å². The predicted molar refractivity (Wildman–Crippen MR) is 47.8 cm³/mol. The summed E-state index contributed by atoms with van der Waals surface area (Å²) in [5, 5.41) is 23.7. The molecule has 10 nitrogen and oxygen atoms in total. The number of halogens is 1. The maximum atomic E-state index is 8.11. The average molecular weight is 429 g/mol. The fourth-order valence-corrected chi connectivity index (χ4v) is 0. The van der Waals surface area contributed by atoms with Crippen molar-refractivity contribution < 1.29 is 34.4 Å². The van der Waals surface area contributed by atoms with E-state index in [1.54, 1.807) is 18.8 Å². The molecule has 0 aliphatic heterocycles. The zero-order chi connectivity index (χ0) is 13.5. The number of nitrogens with one attached hydrogen (secondary N) is 1. The second-order valence-electron chi connectivity index (χ2n) is 0.849. The third-order valence-electron chi connectivity index (χ3n) is 0.177. The van der Waals surface area contributed by atoms with Gasteiger partial charge in [-0.05, 0) is 0 Å². The molecule has 12 heteroatoms. The van der Waals surface area contributed by atoms with Gasteiger partial charge in [-0.3, -0.25) is 0 Å². The number of hydrogen-bond acceptors (Lipinski definition) is 6. The van der Waals surface area contributed by atoms with Crippen molar-refractivity contribution in [1.29, 1.82) is 0 Å². The fourth-order valence-electron chi connectivity index (χ4n) is 0. The Morgan fingerprint density at radius 3 is 1.13 bits per heavy atom. The molecule has 0 saturated heterocycles. The van der Waals surface area contributed by atoms with Crippen LogP contribution in [0, 0.1) is 21.6 Å². The molecule has 0 aliphatic carbocycles. The van der Waals surface area contributed by atoms with E-state index < -0.39 is 0 Å². The van der Waals surface area contributed by atoms with Gasteiger partial charge in [-0.2, -0.15) is 6.54 Å². The van der Waals surface area contributed by atoms with E-state index in [0.717, 1.165) is 6.42 Å². The molecule has 0 radical (unpaired) electrons. The molecule has 0 aromatic heterocycles. The van der Waals surface area contributed by atoms with Crippen molar-refractivity contribution in [2.24, 2.45) is 16.0 Å². The molecule has 0 aromatic carbocycles. The van der Waals surface area contributed by atoms with E-state index in [1.807, 2.05) is 0 Å². The molecule has 0 unspecified atom stereocenters. The second-order valence-corrected chi connectivity index (χ2v) is 0.849. The number of hydrogen-bond donors (Lipinski definition) is 3. The third-order valence-corrected chi connectivity index (χ3v) is 0.177. The molecule has 0 spiro atoms. The second kappa shape index (κ2) is 113. The molecule has 15 heavy (non-hydrogen) atoms. The molecule has 0 rings (SSSR count). The van der Waals surface area contributed by atoms with E-state index in [9.17, 15) is 0 Å². The standard InChI is InChI=1S/C3H7N.ClH.3HNO2.Pt/c1-2-3-4;;3*2-1-3;/h4H,1-3H2;1H;3*(H,2,3);/q-2;;;;;+1/p-1. The zero-order valence-corrected chi connectivity index (χ0v) is 10.3. The van der Waals surface area contributed by atoms with Crippen LogP contribution in [-0.4, -0.2) is 22.2 Å². The van der Waals surface area contributed by atoms with E-state index in [1.165, 1.54) is 16.0 Å². The van der Waals surface area contributed by atoms with Crippen molar-refractivity contribution in [3.8, 4) is 0 Å². The summed E-state index contributed by atoms with van der Waals surface area (Å²) in [7, 11) is 4.61. The Morgan fingerprint density at radius 1 is 1.07 bits per heavy atom. The minimum absolute atomic E-state index is 0.458. The summed E-state index contributed by atoms with van der Waals surface area (Å²) in [6, 6.07) is 0. The summed E-state index contributed by atoms with van der Waals surface area (Å²) in [4.78, 5) is 24.3. The van der Waals surface area contributed by atoms with Crippen LogP contribution in [0.3, 0.4) is 0 Å². The van der Waals surface area contributed by atoms with E-state index in [4.69, 9.17) is 36.1 Å². The van der Waals surface area contributed by atoms with Crippen LogP contribution >= 0.6 is 9.42 Å². The number of rotatable bonds is 1. The molecule has 0 atom stereocenters. The first kappa shape index (κ1) is 29.2. The van der Waals surface area contributed by atoms with Crippen LogP contribution in [0.25, 0.3) is 5.73 Å². The average Bonchev–Trinajstić information content (AvgIpc) is 2.24. The van der Waals surface area contributed by atoms with Crippen molar-refractivity contribution in [2.45, 2.75) is 6.42 Å². The Balaban J connectivity index is -0.0000000283. The first-order valence-electron chi connectivity index (χ1n) is 2.62. The fraction of sp³-hybridized carbons (Fsp3) is 0.667. The van der Waals surface area contributed by atoms with Crippen LogP contribution in [0.2, 0.25) is 0 Å². The summed E-state index contributed by atoms with van der Waals surface area (Å²) in [5.41, 5.74) is 6.39.